The third-order valence-electron chi connectivity index (χ3n) is 1.90. The molecule has 0 atom stereocenters. The maximum atomic E-state index is 10.5. The van der Waals surface area contributed by atoms with Gasteiger partial charge in [-0.3, -0.25) is 4.48 Å². The largest absolute Gasteiger partial charge is 0.477 e. The maximum absolute atomic E-state index is 10.5. The van der Waals surface area contributed by atoms with Gasteiger partial charge < -0.3 is 9.84 Å². The molecule has 0 rings (SSSR count). The Hall–Kier alpha value is -0.610. The highest BCUT2D eigenvalue weighted by Crippen LogP contribution is 1.99. The van der Waals surface area contributed by atoms with Gasteiger partial charge in [0.05, 0.1) is 20.7 Å². The number of rotatable bonds is 8. The molecule has 0 bridgehead atoms. The van der Waals surface area contributed by atoms with Crippen molar-refractivity contribution >= 4 is 5.97 Å². The van der Waals surface area contributed by atoms with E-state index in [-0.39, 0.29) is 6.54 Å². The zero-order valence-corrected chi connectivity index (χ0v) is 9.45. The summed E-state index contributed by atoms with van der Waals surface area (Å²) < 4.78 is 5.79. The molecule has 14 heavy (non-hydrogen) atoms. The molecule has 0 saturated carbocycles. The first-order valence-corrected chi connectivity index (χ1v) is 5.09. The predicted octanol–water partition coefficient (Wildman–Crippen LogP) is 1.31. The number of carbonyl (C=O) groups is 1. The first kappa shape index (κ1) is 13.4. The molecule has 0 aliphatic carbocycles. The standard InChI is InChI=1S/C10H21NO3/c1-4-5-6-7-14-9-11(2,3)8-10(12)13/h4-9H2,1-3H3/p+1. The quantitative estimate of drug-likeness (QED) is 0.368. The molecule has 0 aromatic rings. The number of hydrogen-bond donors (Lipinski definition) is 1. The monoisotopic (exact) mass is 204 g/mol. The van der Waals surface area contributed by atoms with Crippen molar-refractivity contribution in [2.24, 2.45) is 0 Å². The molecule has 1 N–H and O–H groups in total. The van der Waals surface area contributed by atoms with Crippen LogP contribution in [0.1, 0.15) is 26.2 Å². The van der Waals surface area contributed by atoms with E-state index >= 15 is 0 Å². The number of carboxylic acid groups (broad SMARTS) is 1. The van der Waals surface area contributed by atoms with Gasteiger partial charge in [0.1, 0.15) is 0 Å². The van der Waals surface area contributed by atoms with Gasteiger partial charge in [0.25, 0.3) is 0 Å². The van der Waals surface area contributed by atoms with Crippen molar-refractivity contribution < 1.29 is 19.1 Å². The normalized spacial score (nSPS) is 11.6. The highest BCUT2D eigenvalue weighted by atomic mass is 16.5. The van der Waals surface area contributed by atoms with Crippen LogP contribution in [0.3, 0.4) is 0 Å². The minimum absolute atomic E-state index is 0.105. The first-order chi connectivity index (χ1) is 6.48. The molecular weight excluding hydrogens is 182 g/mol. The summed E-state index contributed by atoms with van der Waals surface area (Å²) in [7, 11) is 3.71. The molecule has 0 spiro atoms. The number of quaternary nitrogens is 1. The molecule has 0 aromatic carbocycles. The van der Waals surface area contributed by atoms with Gasteiger partial charge >= 0.3 is 5.97 Å². The van der Waals surface area contributed by atoms with Crippen molar-refractivity contribution in [3.05, 3.63) is 0 Å². The van der Waals surface area contributed by atoms with E-state index in [4.69, 9.17) is 9.84 Å². The number of hydrogen-bond acceptors (Lipinski definition) is 2. The van der Waals surface area contributed by atoms with Gasteiger partial charge in [0.2, 0.25) is 0 Å². The number of carboxylic acids is 1. The summed E-state index contributed by atoms with van der Waals surface area (Å²) in [6.45, 7) is 3.45. The lowest BCUT2D eigenvalue weighted by Crippen LogP contribution is -2.45. The molecule has 0 unspecified atom stereocenters. The van der Waals surface area contributed by atoms with Crippen molar-refractivity contribution in [2.75, 3.05) is 34.0 Å². The van der Waals surface area contributed by atoms with Crippen LogP contribution in [-0.2, 0) is 9.53 Å². The second-order valence-corrected chi connectivity index (χ2v) is 4.23. The van der Waals surface area contributed by atoms with Crippen LogP contribution in [-0.4, -0.2) is 49.5 Å². The zero-order chi connectivity index (χ0) is 11.0. The minimum atomic E-state index is -0.785. The number of aliphatic carboxylic acids is 1. The second kappa shape index (κ2) is 6.79. The molecule has 0 fully saturated rings. The van der Waals surface area contributed by atoms with Crippen LogP contribution in [0.5, 0.6) is 0 Å². The van der Waals surface area contributed by atoms with Gasteiger partial charge in [-0.15, -0.1) is 0 Å². The van der Waals surface area contributed by atoms with E-state index in [0.717, 1.165) is 13.0 Å². The Balaban J connectivity index is 3.50. The lowest BCUT2D eigenvalue weighted by molar-refractivity contribution is -0.902. The molecule has 0 heterocycles. The van der Waals surface area contributed by atoms with E-state index in [0.29, 0.717) is 11.2 Å². The highest BCUT2D eigenvalue weighted by molar-refractivity contribution is 5.67. The fourth-order valence-electron chi connectivity index (χ4n) is 1.18. The average Bonchev–Trinajstić information content (AvgIpc) is 2.01. The van der Waals surface area contributed by atoms with Gasteiger partial charge in [-0.2, -0.15) is 0 Å². The van der Waals surface area contributed by atoms with Crippen LogP contribution in [0.2, 0.25) is 0 Å². The van der Waals surface area contributed by atoms with Gasteiger partial charge in [-0.05, 0) is 6.42 Å². The highest BCUT2D eigenvalue weighted by Gasteiger charge is 2.18. The summed E-state index contributed by atoms with van der Waals surface area (Å²) in [5.74, 6) is -0.785. The molecule has 0 aromatic heterocycles. The Labute approximate surface area is 86.1 Å². The molecule has 84 valence electrons. The van der Waals surface area contributed by atoms with Crippen LogP contribution < -0.4 is 0 Å². The zero-order valence-electron chi connectivity index (χ0n) is 9.45. The van der Waals surface area contributed by atoms with Crippen LogP contribution in [0.25, 0.3) is 0 Å². The number of nitrogens with zero attached hydrogens (tertiary/aromatic N) is 1. The summed E-state index contributed by atoms with van der Waals surface area (Å²) in [5, 5.41) is 8.62. The SMILES string of the molecule is CCCCCOC[N+](C)(C)CC(=O)O. The van der Waals surface area contributed by atoms with Crippen molar-refractivity contribution in [1.29, 1.82) is 0 Å². The first-order valence-electron chi connectivity index (χ1n) is 5.09. The van der Waals surface area contributed by atoms with Crippen LogP contribution >= 0.6 is 0 Å². The average molecular weight is 204 g/mol. The summed E-state index contributed by atoms with van der Waals surface area (Å²) in [4.78, 5) is 10.5. The minimum Gasteiger partial charge on any atom is -0.477 e. The molecule has 4 heteroatoms. The van der Waals surface area contributed by atoms with Crippen molar-refractivity contribution in [3.63, 3.8) is 0 Å². The summed E-state index contributed by atoms with van der Waals surface area (Å²) in [6.07, 6.45) is 3.41. The van der Waals surface area contributed by atoms with Crippen LogP contribution in [0.4, 0.5) is 0 Å². The van der Waals surface area contributed by atoms with Gasteiger partial charge in [-0.25, -0.2) is 4.79 Å². The molecular formula is C10H22NO3+. The van der Waals surface area contributed by atoms with E-state index < -0.39 is 5.97 Å². The molecule has 0 radical (unpaired) electrons. The van der Waals surface area contributed by atoms with E-state index in [1.54, 1.807) is 0 Å². The van der Waals surface area contributed by atoms with Gasteiger partial charge in [0, 0.05) is 0 Å². The topological polar surface area (TPSA) is 46.5 Å². The molecule has 4 nitrogen and oxygen atoms in total. The maximum Gasteiger partial charge on any atom is 0.359 e. The summed E-state index contributed by atoms with van der Waals surface area (Å²) in [5.41, 5.74) is 0. The lowest BCUT2D eigenvalue weighted by Gasteiger charge is -2.26. The number of likely N-dealkylation sites (N-methyl/N-ethyl adjacent to an activating group) is 1. The van der Waals surface area contributed by atoms with E-state index in [1.165, 1.54) is 12.8 Å². The Bertz CT molecular complexity index is 169. The second-order valence-electron chi connectivity index (χ2n) is 4.23. The Kier molecular flexibility index (Phi) is 6.49. The Morgan fingerprint density at radius 3 is 2.50 bits per heavy atom. The molecule has 0 saturated heterocycles. The van der Waals surface area contributed by atoms with E-state index in [2.05, 4.69) is 6.92 Å². The van der Waals surface area contributed by atoms with Crippen molar-refractivity contribution in [2.45, 2.75) is 26.2 Å². The fraction of sp³-hybridized carbons (Fsp3) is 0.900. The third-order valence-corrected chi connectivity index (χ3v) is 1.90. The smallest absolute Gasteiger partial charge is 0.359 e. The Morgan fingerprint density at radius 2 is 2.00 bits per heavy atom. The van der Waals surface area contributed by atoms with Crippen LogP contribution in [0.15, 0.2) is 0 Å². The lowest BCUT2D eigenvalue weighted by atomic mass is 10.3. The number of ether oxygens (including phenoxy) is 1. The summed E-state index contributed by atoms with van der Waals surface area (Å²) >= 11 is 0. The number of unbranched alkanes of at least 4 members (excludes halogenated alkanes) is 2. The summed E-state index contributed by atoms with van der Waals surface area (Å²) in [6, 6.07) is 0. The Morgan fingerprint density at radius 1 is 1.36 bits per heavy atom. The van der Waals surface area contributed by atoms with Gasteiger partial charge in [0.15, 0.2) is 13.3 Å². The fourth-order valence-corrected chi connectivity index (χ4v) is 1.18. The molecule has 0 aliphatic rings. The van der Waals surface area contributed by atoms with Crippen molar-refractivity contribution in [3.8, 4) is 0 Å². The van der Waals surface area contributed by atoms with Gasteiger partial charge in [-0.1, -0.05) is 19.8 Å². The predicted molar refractivity (Wildman–Crippen MR) is 55.0 cm³/mol. The molecule has 0 aliphatic heterocycles. The van der Waals surface area contributed by atoms with Crippen molar-refractivity contribution in [1.82, 2.24) is 0 Å². The van der Waals surface area contributed by atoms with E-state index in [1.807, 2.05) is 14.1 Å². The van der Waals surface area contributed by atoms with E-state index in [9.17, 15) is 4.79 Å². The van der Waals surface area contributed by atoms with Crippen LogP contribution in [0, 0.1) is 0 Å². The molecule has 0 amide bonds. The third kappa shape index (κ3) is 8.01.